The molecule has 3 N–H and O–H groups in total. The van der Waals surface area contributed by atoms with Gasteiger partial charge in [0, 0.05) is 19.1 Å². The van der Waals surface area contributed by atoms with E-state index < -0.39 is 6.09 Å². The van der Waals surface area contributed by atoms with E-state index in [2.05, 4.69) is 15.6 Å². The Morgan fingerprint density at radius 3 is 2.62 bits per heavy atom. The van der Waals surface area contributed by atoms with Crippen LogP contribution in [0.4, 0.5) is 21.1 Å². The van der Waals surface area contributed by atoms with Crippen LogP contribution in [0.3, 0.4) is 0 Å². The van der Waals surface area contributed by atoms with Crippen LogP contribution in [0.25, 0.3) is 0 Å². The number of hydrogen-bond acceptors (Lipinski definition) is 5. The number of aromatic nitrogens is 1. The standard InChI is InChI=1S/C15H19N5O4/c1-19-8-13(21)20(15(19)24)11-4-5-12(16-7-11)17-9-2-3-10(6-9)18-14(22)23/h4-5,7,9-10,18H,2-3,6,8H2,1H3,(H,16,17)(H,22,23)/t9-,10-/m0/s1. The number of amides is 4. The molecule has 1 saturated carbocycles. The lowest BCUT2D eigenvalue weighted by molar-refractivity contribution is -0.116. The highest BCUT2D eigenvalue weighted by Gasteiger charge is 2.35. The van der Waals surface area contributed by atoms with Crippen molar-refractivity contribution in [2.75, 3.05) is 23.8 Å². The fourth-order valence-corrected chi connectivity index (χ4v) is 3.10. The maximum atomic E-state index is 11.9. The highest BCUT2D eigenvalue weighted by Crippen LogP contribution is 2.24. The van der Waals surface area contributed by atoms with E-state index in [0.717, 1.165) is 17.7 Å². The summed E-state index contributed by atoms with van der Waals surface area (Å²) in [6.45, 7) is 0.0683. The first-order valence-electron chi connectivity index (χ1n) is 7.74. The van der Waals surface area contributed by atoms with E-state index >= 15 is 0 Å². The summed E-state index contributed by atoms with van der Waals surface area (Å²) >= 11 is 0. The molecule has 2 fully saturated rings. The zero-order valence-corrected chi connectivity index (χ0v) is 13.2. The third kappa shape index (κ3) is 3.24. The number of nitrogens with zero attached hydrogens (tertiary/aromatic N) is 3. The Bertz CT molecular complexity index is 662. The summed E-state index contributed by atoms with van der Waals surface area (Å²) in [6.07, 6.45) is 2.81. The zero-order chi connectivity index (χ0) is 17.3. The molecule has 0 bridgehead atoms. The minimum absolute atomic E-state index is 0.0466. The number of carbonyl (C=O) groups excluding carboxylic acids is 2. The Balaban J connectivity index is 1.60. The summed E-state index contributed by atoms with van der Waals surface area (Å²) in [5, 5.41) is 14.5. The highest BCUT2D eigenvalue weighted by atomic mass is 16.4. The number of hydrogen-bond donors (Lipinski definition) is 3. The number of anilines is 2. The SMILES string of the molecule is CN1CC(=O)N(c2ccc(N[C@H]3CC[C@H](NC(=O)O)C3)nc2)C1=O. The van der Waals surface area contributed by atoms with Gasteiger partial charge in [0.1, 0.15) is 12.4 Å². The quantitative estimate of drug-likeness (QED) is 0.710. The predicted molar refractivity (Wildman–Crippen MR) is 86.0 cm³/mol. The Labute approximate surface area is 138 Å². The molecule has 0 aromatic carbocycles. The van der Waals surface area contributed by atoms with Crippen molar-refractivity contribution in [2.24, 2.45) is 0 Å². The largest absolute Gasteiger partial charge is 0.465 e. The molecule has 0 unspecified atom stereocenters. The average Bonchev–Trinajstić information content (AvgIpc) is 3.05. The molecule has 9 nitrogen and oxygen atoms in total. The second-order valence-corrected chi connectivity index (χ2v) is 6.07. The Morgan fingerprint density at radius 1 is 1.29 bits per heavy atom. The topological polar surface area (TPSA) is 115 Å². The van der Waals surface area contributed by atoms with Crippen LogP contribution in [-0.2, 0) is 4.79 Å². The van der Waals surface area contributed by atoms with Gasteiger partial charge in [0.25, 0.3) is 5.91 Å². The van der Waals surface area contributed by atoms with Gasteiger partial charge in [-0.1, -0.05) is 0 Å². The monoisotopic (exact) mass is 333 g/mol. The van der Waals surface area contributed by atoms with Crippen LogP contribution >= 0.6 is 0 Å². The summed E-state index contributed by atoms with van der Waals surface area (Å²) in [4.78, 5) is 41.2. The van der Waals surface area contributed by atoms with E-state index in [1.807, 2.05) is 0 Å². The minimum Gasteiger partial charge on any atom is -0.465 e. The van der Waals surface area contributed by atoms with Crippen LogP contribution in [0.5, 0.6) is 0 Å². The Kier molecular flexibility index (Phi) is 4.24. The molecule has 1 aliphatic heterocycles. The van der Waals surface area contributed by atoms with Gasteiger partial charge < -0.3 is 20.6 Å². The van der Waals surface area contributed by atoms with Gasteiger partial charge in [-0.2, -0.15) is 0 Å². The van der Waals surface area contributed by atoms with Crippen molar-refractivity contribution in [3.8, 4) is 0 Å². The molecule has 1 aromatic rings. The van der Waals surface area contributed by atoms with Crippen LogP contribution in [-0.4, -0.2) is 58.7 Å². The van der Waals surface area contributed by atoms with Crippen LogP contribution in [0.2, 0.25) is 0 Å². The number of likely N-dealkylation sites (N-methyl/N-ethyl adjacent to an activating group) is 1. The maximum absolute atomic E-state index is 11.9. The molecule has 1 aromatic heterocycles. The molecular formula is C15H19N5O4. The molecule has 0 radical (unpaired) electrons. The third-order valence-electron chi connectivity index (χ3n) is 4.26. The van der Waals surface area contributed by atoms with Gasteiger partial charge in [0.15, 0.2) is 0 Å². The molecule has 2 atom stereocenters. The molecule has 1 saturated heterocycles. The van der Waals surface area contributed by atoms with Gasteiger partial charge in [-0.3, -0.25) is 4.79 Å². The molecule has 3 rings (SSSR count). The van der Waals surface area contributed by atoms with Crippen molar-refractivity contribution in [3.05, 3.63) is 18.3 Å². The van der Waals surface area contributed by atoms with Gasteiger partial charge in [-0.15, -0.1) is 0 Å². The number of pyridine rings is 1. The summed E-state index contributed by atoms with van der Waals surface area (Å²) < 4.78 is 0. The van der Waals surface area contributed by atoms with Gasteiger partial charge in [0.05, 0.1) is 11.9 Å². The van der Waals surface area contributed by atoms with Crippen LogP contribution in [0, 0.1) is 0 Å². The Morgan fingerprint density at radius 2 is 2.04 bits per heavy atom. The fraction of sp³-hybridized carbons (Fsp3) is 0.467. The van der Waals surface area contributed by atoms with Crippen molar-refractivity contribution < 1.29 is 19.5 Å². The first kappa shape index (κ1) is 16.0. The normalized spacial score (nSPS) is 23.7. The summed E-state index contributed by atoms with van der Waals surface area (Å²) in [5.41, 5.74) is 0.441. The molecule has 1 aliphatic carbocycles. The lowest BCUT2D eigenvalue weighted by Crippen LogP contribution is -2.32. The van der Waals surface area contributed by atoms with Crippen molar-refractivity contribution in [1.29, 1.82) is 0 Å². The van der Waals surface area contributed by atoms with Crippen molar-refractivity contribution >= 4 is 29.5 Å². The summed E-state index contributed by atoms with van der Waals surface area (Å²) in [7, 11) is 1.57. The van der Waals surface area contributed by atoms with E-state index in [-0.39, 0.29) is 30.6 Å². The van der Waals surface area contributed by atoms with Gasteiger partial charge in [-0.25, -0.2) is 19.5 Å². The average molecular weight is 333 g/mol. The zero-order valence-electron chi connectivity index (χ0n) is 13.2. The van der Waals surface area contributed by atoms with Crippen molar-refractivity contribution in [2.45, 2.75) is 31.3 Å². The predicted octanol–water partition coefficient (Wildman–Crippen LogP) is 1.08. The number of nitrogens with one attached hydrogen (secondary N) is 2. The lowest BCUT2D eigenvalue weighted by Gasteiger charge is -2.16. The van der Waals surface area contributed by atoms with Gasteiger partial charge in [-0.05, 0) is 31.4 Å². The third-order valence-corrected chi connectivity index (χ3v) is 4.26. The Hall–Kier alpha value is -2.84. The van der Waals surface area contributed by atoms with E-state index in [1.54, 1.807) is 19.2 Å². The number of urea groups is 1. The molecule has 2 aliphatic rings. The first-order valence-corrected chi connectivity index (χ1v) is 7.74. The van der Waals surface area contributed by atoms with Crippen LogP contribution in [0.1, 0.15) is 19.3 Å². The number of carboxylic acid groups (broad SMARTS) is 1. The number of carbonyl (C=O) groups is 3. The summed E-state index contributed by atoms with van der Waals surface area (Å²) in [5.74, 6) is 0.357. The molecule has 2 heterocycles. The smallest absolute Gasteiger partial charge is 0.404 e. The lowest BCUT2D eigenvalue weighted by atomic mass is 10.2. The van der Waals surface area contributed by atoms with Gasteiger partial charge in [0.2, 0.25) is 0 Å². The van der Waals surface area contributed by atoms with Crippen molar-refractivity contribution in [3.63, 3.8) is 0 Å². The molecular weight excluding hydrogens is 314 g/mol. The van der Waals surface area contributed by atoms with Crippen molar-refractivity contribution in [1.82, 2.24) is 15.2 Å². The molecule has 128 valence electrons. The second-order valence-electron chi connectivity index (χ2n) is 6.07. The first-order chi connectivity index (χ1) is 11.4. The van der Waals surface area contributed by atoms with Crippen LogP contribution < -0.4 is 15.5 Å². The molecule has 9 heteroatoms. The van der Waals surface area contributed by atoms with Gasteiger partial charge >= 0.3 is 12.1 Å². The van der Waals surface area contributed by atoms with E-state index in [4.69, 9.17) is 5.11 Å². The number of rotatable bonds is 4. The second kappa shape index (κ2) is 6.34. The maximum Gasteiger partial charge on any atom is 0.404 e. The van der Waals surface area contributed by atoms with E-state index in [9.17, 15) is 14.4 Å². The molecule has 24 heavy (non-hydrogen) atoms. The van der Waals surface area contributed by atoms with E-state index in [1.165, 1.54) is 11.1 Å². The summed E-state index contributed by atoms with van der Waals surface area (Å²) in [6, 6.07) is 3.12. The minimum atomic E-state index is -1.01. The molecule has 4 amide bonds. The van der Waals surface area contributed by atoms with Crippen LogP contribution in [0.15, 0.2) is 18.3 Å². The fourth-order valence-electron chi connectivity index (χ4n) is 3.10. The van der Waals surface area contributed by atoms with E-state index in [0.29, 0.717) is 17.9 Å². The highest BCUT2D eigenvalue weighted by molar-refractivity contribution is 6.19. The number of imide groups is 1. The molecule has 0 spiro atoms.